The Morgan fingerprint density at radius 3 is 2.39 bits per heavy atom. The topological polar surface area (TPSA) is 59.2 Å². The summed E-state index contributed by atoms with van der Waals surface area (Å²) < 4.78 is 41.6. The summed E-state index contributed by atoms with van der Waals surface area (Å²) in [5, 5.41) is 3.33. The van der Waals surface area contributed by atoms with Gasteiger partial charge in [0.1, 0.15) is 0 Å². The Hall–Kier alpha value is -2.38. The summed E-state index contributed by atoms with van der Waals surface area (Å²) in [6.45, 7) is 3.65. The number of carbonyl (C=O) groups is 1. The SMILES string of the molecule is CCC(=O)N(C)C(C)c1ccc(-c2noc(C(F)(F)F)n2)cc1. The van der Waals surface area contributed by atoms with Crippen molar-refractivity contribution in [2.24, 2.45) is 0 Å². The van der Waals surface area contributed by atoms with E-state index < -0.39 is 12.1 Å². The fraction of sp³-hybridized carbons (Fsp3) is 0.400. The van der Waals surface area contributed by atoms with Crippen LogP contribution in [0, 0.1) is 0 Å². The van der Waals surface area contributed by atoms with Crippen molar-refractivity contribution < 1.29 is 22.5 Å². The molecule has 1 heterocycles. The van der Waals surface area contributed by atoms with Gasteiger partial charge >= 0.3 is 12.1 Å². The first-order chi connectivity index (χ1) is 10.7. The monoisotopic (exact) mass is 327 g/mol. The van der Waals surface area contributed by atoms with Crippen LogP contribution < -0.4 is 0 Å². The minimum atomic E-state index is -4.66. The van der Waals surface area contributed by atoms with E-state index in [4.69, 9.17) is 0 Å². The van der Waals surface area contributed by atoms with Crippen molar-refractivity contribution in [2.45, 2.75) is 32.5 Å². The van der Waals surface area contributed by atoms with Gasteiger partial charge in [-0.25, -0.2) is 0 Å². The van der Waals surface area contributed by atoms with Gasteiger partial charge in [-0.2, -0.15) is 18.2 Å². The van der Waals surface area contributed by atoms with Crippen LogP contribution in [0.3, 0.4) is 0 Å². The van der Waals surface area contributed by atoms with E-state index in [0.717, 1.165) is 5.56 Å². The Balaban J connectivity index is 2.19. The highest BCUT2D eigenvalue weighted by Crippen LogP contribution is 2.30. The van der Waals surface area contributed by atoms with E-state index in [-0.39, 0.29) is 17.8 Å². The van der Waals surface area contributed by atoms with Gasteiger partial charge in [-0.15, -0.1) is 0 Å². The first-order valence-corrected chi connectivity index (χ1v) is 7.01. The average Bonchev–Trinajstić information content (AvgIpc) is 3.03. The maximum absolute atomic E-state index is 12.5. The standard InChI is InChI=1S/C15H16F3N3O2/c1-4-12(22)21(3)9(2)10-5-7-11(8-6-10)13-19-14(23-20-13)15(16,17)18/h5-9H,4H2,1-3H3. The van der Waals surface area contributed by atoms with E-state index in [1.54, 1.807) is 43.1 Å². The van der Waals surface area contributed by atoms with E-state index in [1.807, 2.05) is 6.92 Å². The van der Waals surface area contributed by atoms with Crippen molar-refractivity contribution in [3.05, 3.63) is 35.7 Å². The van der Waals surface area contributed by atoms with E-state index in [9.17, 15) is 18.0 Å². The summed E-state index contributed by atoms with van der Waals surface area (Å²) in [6.07, 6.45) is -4.26. The quantitative estimate of drug-likeness (QED) is 0.859. The van der Waals surface area contributed by atoms with Crippen molar-refractivity contribution in [2.75, 3.05) is 7.05 Å². The molecule has 0 radical (unpaired) electrons. The summed E-state index contributed by atoms with van der Waals surface area (Å²) >= 11 is 0. The lowest BCUT2D eigenvalue weighted by atomic mass is 10.0. The largest absolute Gasteiger partial charge is 0.471 e. The number of carbonyl (C=O) groups excluding carboxylic acids is 1. The third-order valence-electron chi connectivity index (χ3n) is 3.60. The number of aromatic nitrogens is 2. The van der Waals surface area contributed by atoms with Gasteiger partial charge in [0.2, 0.25) is 11.7 Å². The molecule has 0 spiro atoms. The number of benzene rings is 1. The molecule has 0 aliphatic carbocycles. The van der Waals surface area contributed by atoms with Gasteiger partial charge in [-0.1, -0.05) is 36.3 Å². The number of alkyl halides is 3. The van der Waals surface area contributed by atoms with Crippen LogP contribution in [-0.2, 0) is 11.0 Å². The molecule has 0 saturated heterocycles. The van der Waals surface area contributed by atoms with Gasteiger partial charge < -0.3 is 9.42 Å². The van der Waals surface area contributed by atoms with E-state index in [0.29, 0.717) is 12.0 Å². The molecule has 1 aromatic carbocycles. The molecule has 1 aromatic heterocycles. The molecule has 1 unspecified atom stereocenters. The molecule has 1 amide bonds. The summed E-state index contributed by atoms with van der Waals surface area (Å²) in [5.41, 5.74) is 1.27. The lowest BCUT2D eigenvalue weighted by Gasteiger charge is -2.25. The lowest BCUT2D eigenvalue weighted by Crippen LogP contribution is -2.28. The first-order valence-electron chi connectivity index (χ1n) is 7.01. The number of hydrogen-bond acceptors (Lipinski definition) is 4. The molecule has 0 bridgehead atoms. The molecule has 23 heavy (non-hydrogen) atoms. The fourth-order valence-corrected chi connectivity index (χ4v) is 2.06. The smallest absolute Gasteiger partial charge is 0.339 e. The maximum atomic E-state index is 12.5. The van der Waals surface area contributed by atoms with Crippen molar-refractivity contribution in [1.82, 2.24) is 15.0 Å². The van der Waals surface area contributed by atoms with Gasteiger partial charge in [0.25, 0.3) is 0 Å². The van der Waals surface area contributed by atoms with Crippen molar-refractivity contribution >= 4 is 5.91 Å². The van der Waals surface area contributed by atoms with Crippen LogP contribution in [0.25, 0.3) is 11.4 Å². The minimum absolute atomic E-state index is 0.00886. The zero-order valence-corrected chi connectivity index (χ0v) is 12.9. The van der Waals surface area contributed by atoms with Crippen molar-refractivity contribution in [3.8, 4) is 11.4 Å². The summed E-state index contributed by atoms with van der Waals surface area (Å²) in [7, 11) is 1.71. The second-order valence-electron chi connectivity index (χ2n) is 5.08. The van der Waals surface area contributed by atoms with E-state index >= 15 is 0 Å². The molecule has 0 aliphatic rings. The number of halogens is 3. The van der Waals surface area contributed by atoms with Crippen molar-refractivity contribution in [3.63, 3.8) is 0 Å². The Labute approximate surface area is 131 Å². The molecule has 0 N–H and O–H groups in total. The Morgan fingerprint density at radius 1 is 1.30 bits per heavy atom. The Bertz CT molecular complexity index is 680. The molecule has 1 atom stereocenters. The summed E-state index contributed by atoms with van der Waals surface area (Å²) in [5.74, 6) is -1.50. The highest BCUT2D eigenvalue weighted by molar-refractivity contribution is 5.76. The number of amides is 1. The summed E-state index contributed by atoms with van der Waals surface area (Å²) in [6, 6.07) is 6.50. The third-order valence-corrected chi connectivity index (χ3v) is 3.60. The highest BCUT2D eigenvalue weighted by atomic mass is 19.4. The zero-order valence-electron chi connectivity index (χ0n) is 12.9. The predicted molar refractivity (Wildman–Crippen MR) is 76.2 cm³/mol. The minimum Gasteiger partial charge on any atom is -0.339 e. The average molecular weight is 327 g/mol. The highest BCUT2D eigenvalue weighted by Gasteiger charge is 2.38. The van der Waals surface area contributed by atoms with E-state index in [2.05, 4.69) is 14.7 Å². The van der Waals surface area contributed by atoms with Gasteiger partial charge in [-0.05, 0) is 12.5 Å². The zero-order chi connectivity index (χ0) is 17.2. The predicted octanol–water partition coefficient (Wildman–Crippen LogP) is 3.68. The molecule has 5 nitrogen and oxygen atoms in total. The third kappa shape index (κ3) is 3.69. The second-order valence-corrected chi connectivity index (χ2v) is 5.08. The Kier molecular flexibility index (Phi) is 4.72. The number of rotatable bonds is 4. The molecule has 8 heteroatoms. The fourth-order valence-electron chi connectivity index (χ4n) is 2.06. The summed E-state index contributed by atoms with van der Waals surface area (Å²) in [4.78, 5) is 16.7. The van der Waals surface area contributed by atoms with Crippen LogP contribution in [0.1, 0.15) is 37.8 Å². The van der Waals surface area contributed by atoms with Crippen molar-refractivity contribution in [1.29, 1.82) is 0 Å². The molecule has 124 valence electrons. The normalized spacial score (nSPS) is 13.0. The van der Waals surface area contributed by atoms with Gasteiger partial charge in [0.15, 0.2) is 0 Å². The van der Waals surface area contributed by atoms with Crippen LogP contribution in [0.5, 0.6) is 0 Å². The molecule has 2 rings (SSSR count). The molecule has 0 fully saturated rings. The van der Waals surface area contributed by atoms with Crippen LogP contribution in [-0.4, -0.2) is 28.0 Å². The van der Waals surface area contributed by atoms with Gasteiger partial charge in [-0.3, -0.25) is 4.79 Å². The van der Waals surface area contributed by atoms with Gasteiger partial charge in [0, 0.05) is 19.0 Å². The van der Waals surface area contributed by atoms with Crippen LogP contribution in [0.15, 0.2) is 28.8 Å². The molecule has 0 aliphatic heterocycles. The Morgan fingerprint density at radius 2 is 1.91 bits per heavy atom. The maximum Gasteiger partial charge on any atom is 0.471 e. The number of hydrogen-bond donors (Lipinski definition) is 0. The lowest BCUT2D eigenvalue weighted by molar-refractivity contribution is -0.159. The second kappa shape index (κ2) is 6.39. The van der Waals surface area contributed by atoms with Crippen LogP contribution >= 0.6 is 0 Å². The first kappa shape index (κ1) is 17.0. The van der Waals surface area contributed by atoms with Crippen LogP contribution in [0.2, 0.25) is 0 Å². The van der Waals surface area contributed by atoms with E-state index in [1.165, 1.54) is 0 Å². The van der Waals surface area contributed by atoms with Gasteiger partial charge in [0.05, 0.1) is 6.04 Å². The molecular weight excluding hydrogens is 311 g/mol. The molecule has 0 saturated carbocycles. The van der Waals surface area contributed by atoms with Crippen LogP contribution in [0.4, 0.5) is 13.2 Å². The molecule has 2 aromatic rings. The molecular formula is C15H16F3N3O2. The number of nitrogens with zero attached hydrogens (tertiary/aromatic N) is 3.